The first kappa shape index (κ1) is 14.9. The van der Waals surface area contributed by atoms with Gasteiger partial charge in [0.15, 0.2) is 11.6 Å². The van der Waals surface area contributed by atoms with Crippen LogP contribution in [0.5, 0.6) is 5.75 Å². The van der Waals surface area contributed by atoms with Crippen molar-refractivity contribution in [3.8, 4) is 5.75 Å². The van der Waals surface area contributed by atoms with Crippen LogP contribution < -0.4 is 10.1 Å². The fourth-order valence-electron chi connectivity index (χ4n) is 1.59. The summed E-state index contributed by atoms with van der Waals surface area (Å²) in [4.78, 5) is 0. The predicted octanol–water partition coefficient (Wildman–Crippen LogP) is 3.37. The Morgan fingerprint density at radius 2 is 2.00 bits per heavy atom. The molecule has 0 heterocycles. The zero-order valence-corrected chi connectivity index (χ0v) is 11.0. The van der Waals surface area contributed by atoms with E-state index >= 15 is 0 Å². The summed E-state index contributed by atoms with van der Waals surface area (Å²) in [6.45, 7) is 6.37. The monoisotopic (exact) mass is 257 g/mol. The zero-order valence-electron chi connectivity index (χ0n) is 11.0. The average molecular weight is 257 g/mol. The first-order valence-corrected chi connectivity index (χ1v) is 6.38. The lowest BCUT2D eigenvalue weighted by molar-refractivity contribution is 0.297. The Morgan fingerprint density at radius 1 is 1.22 bits per heavy atom. The molecule has 0 aliphatic carbocycles. The Labute approximate surface area is 107 Å². The van der Waals surface area contributed by atoms with Gasteiger partial charge in [0.25, 0.3) is 0 Å². The van der Waals surface area contributed by atoms with Crippen LogP contribution in [0.2, 0.25) is 0 Å². The van der Waals surface area contributed by atoms with E-state index in [0.29, 0.717) is 13.2 Å². The van der Waals surface area contributed by atoms with Gasteiger partial charge in [-0.15, -0.1) is 0 Å². The van der Waals surface area contributed by atoms with Crippen LogP contribution in [-0.2, 0) is 0 Å². The quantitative estimate of drug-likeness (QED) is 0.721. The summed E-state index contributed by atoms with van der Waals surface area (Å²) in [7, 11) is 0. The molecule has 0 fully saturated rings. The van der Waals surface area contributed by atoms with Gasteiger partial charge >= 0.3 is 0 Å². The molecule has 102 valence electrons. The zero-order chi connectivity index (χ0) is 13.4. The molecule has 0 radical (unpaired) electrons. The molecular formula is C14H21F2NO. The van der Waals surface area contributed by atoms with Gasteiger partial charge in [0, 0.05) is 12.6 Å². The largest absolute Gasteiger partial charge is 0.489 e. The van der Waals surface area contributed by atoms with E-state index in [-0.39, 0.29) is 5.75 Å². The molecule has 0 atom stereocenters. The van der Waals surface area contributed by atoms with Crippen molar-refractivity contribution in [2.24, 2.45) is 5.92 Å². The fraction of sp³-hybridized carbons (Fsp3) is 0.571. The number of nitrogens with one attached hydrogen (secondary N) is 1. The van der Waals surface area contributed by atoms with E-state index in [0.717, 1.165) is 24.9 Å². The second-order valence-electron chi connectivity index (χ2n) is 4.71. The van der Waals surface area contributed by atoms with Gasteiger partial charge in [0.05, 0.1) is 0 Å². The highest BCUT2D eigenvalue weighted by Gasteiger charge is 2.04. The van der Waals surface area contributed by atoms with E-state index in [1.54, 1.807) is 0 Å². The Kier molecular flexibility index (Phi) is 6.65. The molecule has 0 aliphatic rings. The lowest BCUT2D eigenvalue weighted by atomic mass is 10.1. The summed E-state index contributed by atoms with van der Waals surface area (Å²) < 4.78 is 31.0. The lowest BCUT2D eigenvalue weighted by Crippen LogP contribution is -2.22. The van der Waals surface area contributed by atoms with E-state index < -0.39 is 11.6 Å². The summed E-state index contributed by atoms with van der Waals surface area (Å²) in [5, 5.41) is 3.22. The number of ether oxygens (including phenoxy) is 1. The van der Waals surface area contributed by atoms with Gasteiger partial charge in [0.1, 0.15) is 12.4 Å². The Morgan fingerprint density at radius 3 is 2.67 bits per heavy atom. The molecule has 0 saturated heterocycles. The summed E-state index contributed by atoms with van der Waals surface area (Å²) >= 11 is 0. The molecule has 1 rings (SSSR count). The molecule has 0 aliphatic heterocycles. The van der Waals surface area contributed by atoms with Gasteiger partial charge in [-0.1, -0.05) is 13.8 Å². The van der Waals surface area contributed by atoms with Crippen molar-refractivity contribution in [2.75, 3.05) is 19.7 Å². The van der Waals surface area contributed by atoms with Crippen LogP contribution in [0.15, 0.2) is 18.2 Å². The minimum Gasteiger partial charge on any atom is -0.489 e. The van der Waals surface area contributed by atoms with Crippen molar-refractivity contribution in [2.45, 2.75) is 26.7 Å². The van der Waals surface area contributed by atoms with Crippen LogP contribution in [0.3, 0.4) is 0 Å². The minimum atomic E-state index is -0.658. The van der Waals surface area contributed by atoms with Crippen LogP contribution in [-0.4, -0.2) is 19.7 Å². The van der Waals surface area contributed by atoms with Gasteiger partial charge in [-0.2, -0.15) is 0 Å². The topological polar surface area (TPSA) is 21.3 Å². The third-order valence-corrected chi connectivity index (χ3v) is 2.57. The van der Waals surface area contributed by atoms with Gasteiger partial charge in [0.2, 0.25) is 0 Å². The van der Waals surface area contributed by atoms with Crippen LogP contribution in [0, 0.1) is 17.6 Å². The average Bonchev–Trinajstić information content (AvgIpc) is 2.30. The molecule has 0 amide bonds. The van der Waals surface area contributed by atoms with Crippen LogP contribution in [0.4, 0.5) is 8.78 Å². The fourth-order valence-corrected chi connectivity index (χ4v) is 1.59. The summed E-state index contributed by atoms with van der Waals surface area (Å²) in [6.07, 6.45) is 2.32. The van der Waals surface area contributed by atoms with E-state index in [1.807, 2.05) is 0 Å². The van der Waals surface area contributed by atoms with E-state index in [1.165, 1.54) is 18.6 Å². The van der Waals surface area contributed by atoms with Crippen molar-refractivity contribution in [1.29, 1.82) is 0 Å². The molecule has 1 aromatic carbocycles. The summed E-state index contributed by atoms with van der Waals surface area (Å²) in [5.41, 5.74) is 0. The Bertz CT molecular complexity index is 356. The first-order chi connectivity index (χ1) is 8.59. The lowest BCUT2D eigenvalue weighted by Gasteiger charge is -2.09. The third kappa shape index (κ3) is 5.96. The third-order valence-electron chi connectivity index (χ3n) is 2.57. The SMILES string of the molecule is CC(C)CCCNCCOc1ccc(F)cc1F. The molecule has 1 N–H and O–H groups in total. The van der Waals surface area contributed by atoms with Crippen LogP contribution in [0.1, 0.15) is 26.7 Å². The van der Waals surface area contributed by atoms with Crippen LogP contribution >= 0.6 is 0 Å². The number of hydrogen-bond acceptors (Lipinski definition) is 2. The van der Waals surface area contributed by atoms with Gasteiger partial charge in [-0.05, 0) is 37.4 Å². The number of benzene rings is 1. The van der Waals surface area contributed by atoms with E-state index in [4.69, 9.17) is 4.74 Å². The minimum absolute atomic E-state index is 0.0976. The molecule has 2 nitrogen and oxygen atoms in total. The van der Waals surface area contributed by atoms with Gasteiger partial charge in [-0.3, -0.25) is 0 Å². The van der Waals surface area contributed by atoms with E-state index in [2.05, 4.69) is 19.2 Å². The summed E-state index contributed by atoms with van der Waals surface area (Å²) in [5.74, 6) is -0.432. The van der Waals surface area contributed by atoms with Gasteiger partial charge < -0.3 is 10.1 Å². The smallest absolute Gasteiger partial charge is 0.167 e. The summed E-state index contributed by atoms with van der Waals surface area (Å²) in [6, 6.07) is 3.32. The molecule has 0 bridgehead atoms. The molecule has 1 aromatic rings. The van der Waals surface area contributed by atoms with Crippen molar-refractivity contribution in [1.82, 2.24) is 5.32 Å². The van der Waals surface area contributed by atoms with Crippen molar-refractivity contribution >= 4 is 0 Å². The maximum absolute atomic E-state index is 13.2. The second kappa shape index (κ2) is 8.03. The highest BCUT2D eigenvalue weighted by molar-refractivity contribution is 5.24. The van der Waals surface area contributed by atoms with E-state index in [9.17, 15) is 8.78 Å². The van der Waals surface area contributed by atoms with Crippen LogP contribution in [0.25, 0.3) is 0 Å². The maximum Gasteiger partial charge on any atom is 0.167 e. The normalized spacial score (nSPS) is 10.9. The van der Waals surface area contributed by atoms with Gasteiger partial charge in [-0.25, -0.2) is 8.78 Å². The molecule has 0 unspecified atom stereocenters. The number of halogens is 2. The highest BCUT2D eigenvalue weighted by atomic mass is 19.1. The maximum atomic E-state index is 13.2. The Hall–Kier alpha value is -1.16. The molecule has 0 aromatic heterocycles. The van der Waals surface area contributed by atoms with Crippen molar-refractivity contribution in [3.63, 3.8) is 0 Å². The first-order valence-electron chi connectivity index (χ1n) is 6.38. The Balaban J connectivity index is 2.11. The second-order valence-corrected chi connectivity index (χ2v) is 4.71. The predicted molar refractivity (Wildman–Crippen MR) is 68.8 cm³/mol. The standard InChI is InChI=1S/C14H21F2NO/c1-11(2)4-3-7-17-8-9-18-14-6-5-12(15)10-13(14)16/h5-6,10-11,17H,3-4,7-9H2,1-2H3. The molecular weight excluding hydrogens is 236 g/mol. The van der Waals surface area contributed by atoms with Crippen molar-refractivity contribution < 1.29 is 13.5 Å². The highest BCUT2D eigenvalue weighted by Crippen LogP contribution is 2.17. The number of hydrogen-bond donors (Lipinski definition) is 1. The van der Waals surface area contributed by atoms with Crippen molar-refractivity contribution in [3.05, 3.63) is 29.8 Å². The molecule has 18 heavy (non-hydrogen) atoms. The molecule has 0 spiro atoms. The molecule has 4 heteroatoms. The molecule has 0 saturated carbocycles. The number of rotatable bonds is 8.